The summed E-state index contributed by atoms with van der Waals surface area (Å²) in [5.74, 6) is 1.07. The predicted molar refractivity (Wildman–Crippen MR) is 74.4 cm³/mol. The topological polar surface area (TPSA) is 51.8 Å². The highest BCUT2D eigenvalue weighted by Crippen LogP contribution is 2.24. The fourth-order valence-corrected chi connectivity index (χ4v) is 2.05. The highest BCUT2D eigenvalue weighted by atomic mass is 35.5. The van der Waals surface area contributed by atoms with Gasteiger partial charge >= 0.3 is 0 Å². The first kappa shape index (κ1) is 11.0. The number of fused-ring (bicyclic) bond motifs is 1. The van der Waals surface area contributed by atoms with E-state index in [1.165, 1.54) is 0 Å². The number of anilines is 1. The van der Waals surface area contributed by atoms with Gasteiger partial charge in [0.25, 0.3) is 0 Å². The van der Waals surface area contributed by atoms with E-state index in [0.717, 1.165) is 16.5 Å². The van der Waals surface area contributed by atoms with Crippen molar-refractivity contribution in [3.05, 3.63) is 53.6 Å². The summed E-state index contributed by atoms with van der Waals surface area (Å²) in [5.41, 5.74) is 7.64. The molecule has 0 unspecified atom stereocenters. The molecule has 0 aliphatic heterocycles. The van der Waals surface area contributed by atoms with Crippen LogP contribution in [-0.2, 0) is 0 Å². The molecule has 3 nitrogen and oxygen atoms in total. The van der Waals surface area contributed by atoms with Crippen LogP contribution in [0.15, 0.2) is 48.5 Å². The lowest BCUT2D eigenvalue weighted by atomic mass is 10.2. The average molecular weight is 256 g/mol. The molecule has 1 aromatic heterocycles. The number of para-hydroxylation sites is 1. The molecule has 4 heteroatoms. The van der Waals surface area contributed by atoms with E-state index >= 15 is 0 Å². The van der Waals surface area contributed by atoms with Gasteiger partial charge in [0.15, 0.2) is 5.82 Å². The Morgan fingerprint density at radius 3 is 2.61 bits per heavy atom. The van der Waals surface area contributed by atoms with E-state index in [1.807, 2.05) is 48.5 Å². The summed E-state index contributed by atoms with van der Waals surface area (Å²) in [7, 11) is 0. The molecule has 2 aromatic carbocycles. The smallest absolute Gasteiger partial charge is 0.162 e. The van der Waals surface area contributed by atoms with Gasteiger partial charge in [-0.15, -0.1) is 0 Å². The lowest BCUT2D eigenvalue weighted by Gasteiger charge is -2.05. The van der Waals surface area contributed by atoms with Crippen LogP contribution in [0.3, 0.4) is 0 Å². The Morgan fingerprint density at radius 1 is 0.944 bits per heavy atom. The first-order valence-corrected chi connectivity index (χ1v) is 5.90. The van der Waals surface area contributed by atoms with Gasteiger partial charge in [0, 0.05) is 16.0 Å². The van der Waals surface area contributed by atoms with E-state index in [1.54, 1.807) is 0 Å². The van der Waals surface area contributed by atoms with Crippen LogP contribution in [0.5, 0.6) is 0 Å². The number of rotatable bonds is 1. The summed E-state index contributed by atoms with van der Waals surface area (Å²) in [6.07, 6.45) is 0. The van der Waals surface area contributed by atoms with Gasteiger partial charge in [0.05, 0.1) is 5.52 Å². The van der Waals surface area contributed by atoms with Gasteiger partial charge in [0.2, 0.25) is 0 Å². The van der Waals surface area contributed by atoms with Crippen molar-refractivity contribution in [3.8, 4) is 11.4 Å². The molecule has 18 heavy (non-hydrogen) atoms. The van der Waals surface area contributed by atoms with Crippen LogP contribution in [0.25, 0.3) is 22.3 Å². The SMILES string of the molecule is Nc1nc(-c2cccc(Cl)c2)nc2ccccc12. The lowest BCUT2D eigenvalue weighted by Crippen LogP contribution is -1.97. The van der Waals surface area contributed by atoms with Crippen molar-refractivity contribution in [2.45, 2.75) is 0 Å². The van der Waals surface area contributed by atoms with Gasteiger partial charge in [0.1, 0.15) is 5.82 Å². The van der Waals surface area contributed by atoms with Crippen LogP contribution >= 0.6 is 11.6 Å². The number of halogens is 1. The summed E-state index contributed by atoms with van der Waals surface area (Å²) in [6.45, 7) is 0. The average Bonchev–Trinajstić information content (AvgIpc) is 2.39. The number of hydrogen-bond donors (Lipinski definition) is 1. The third-order valence-electron chi connectivity index (χ3n) is 2.72. The first-order chi connectivity index (χ1) is 8.74. The minimum atomic E-state index is 0.482. The summed E-state index contributed by atoms with van der Waals surface area (Å²) in [6, 6.07) is 15.1. The number of hydrogen-bond acceptors (Lipinski definition) is 3. The molecule has 0 bridgehead atoms. The molecule has 1 heterocycles. The van der Waals surface area contributed by atoms with Gasteiger partial charge in [-0.25, -0.2) is 9.97 Å². The van der Waals surface area contributed by atoms with Crippen molar-refractivity contribution < 1.29 is 0 Å². The third-order valence-corrected chi connectivity index (χ3v) is 2.95. The van der Waals surface area contributed by atoms with E-state index < -0.39 is 0 Å². The van der Waals surface area contributed by atoms with Gasteiger partial charge in [-0.2, -0.15) is 0 Å². The number of aromatic nitrogens is 2. The Labute approximate surface area is 109 Å². The fourth-order valence-electron chi connectivity index (χ4n) is 1.86. The van der Waals surface area contributed by atoms with E-state index in [2.05, 4.69) is 9.97 Å². The highest BCUT2D eigenvalue weighted by molar-refractivity contribution is 6.30. The van der Waals surface area contributed by atoms with Crippen molar-refractivity contribution in [2.75, 3.05) is 5.73 Å². The van der Waals surface area contributed by atoms with Crippen molar-refractivity contribution in [2.24, 2.45) is 0 Å². The molecule has 3 aromatic rings. The zero-order valence-electron chi connectivity index (χ0n) is 9.47. The molecule has 0 atom stereocenters. The Bertz CT molecular complexity index is 725. The van der Waals surface area contributed by atoms with Gasteiger partial charge < -0.3 is 5.73 Å². The first-order valence-electron chi connectivity index (χ1n) is 5.52. The van der Waals surface area contributed by atoms with E-state index in [0.29, 0.717) is 16.7 Å². The Balaban J connectivity index is 2.24. The molecule has 0 aliphatic carbocycles. The molecular weight excluding hydrogens is 246 g/mol. The van der Waals surface area contributed by atoms with Crippen molar-refractivity contribution in [1.82, 2.24) is 9.97 Å². The highest BCUT2D eigenvalue weighted by Gasteiger charge is 2.06. The maximum Gasteiger partial charge on any atom is 0.162 e. The fraction of sp³-hybridized carbons (Fsp3) is 0. The van der Waals surface area contributed by atoms with Crippen LogP contribution in [-0.4, -0.2) is 9.97 Å². The third kappa shape index (κ3) is 1.89. The maximum atomic E-state index is 5.97. The second-order valence-corrected chi connectivity index (χ2v) is 4.40. The molecule has 0 fully saturated rings. The normalized spacial score (nSPS) is 10.7. The van der Waals surface area contributed by atoms with Gasteiger partial charge in [-0.05, 0) is 24.3 Å². The molecule has 88 valence electrons. The zero-order chi connectivity index (χ0) is 12.5. The molecule has 3 rings (SSSR count). The summed E-state index contributed by atoms with van der Waals surface area (Å²) in [4.78, 5) is 8.82. The number of nitrogens with zero attached hydrogens (tertiary/aromatic N) is 2. The Morgan fingerprint density at radius 2 is 1.78 bits per heavy atom. The van der Waals surface area contributed by atoms with E-state index in [-0.39, 0.29) is 0 Å². The Kier molecular flexibility index (Phi) is 2.61. The van der Waals surface area contributed by atoms with Crippen LogP contribution in [0.1, 0.15) is 0 Å². The predicted octanol–water partition coefficient (Wildman–Crippen LogP) is 3.53. The van der Waals surface area contributed by atoms with Crippen molar-refractivity contribution in [3.63, 3.8) is 0 Å². The second kappa shape index (κ2) is 4.27. The number of benzene rings is 2. The summed E-state index contributed by atoms with van der Waals surface area (Å²) < 4.78 is 0. The standard InChI is InChI=1S/C14H10ClN3/c15-10-5-3-4-9(8-10)14-17-12-7-2-1-6-11(12)13(16)18-14/h1-8H,(H2,16,17,18). The molecule has 0 aliphatic rings. The van der Waals surface area contributed by atoms with Crippen LogP contribution in [0.4, 0.5) is 5.82 Å². The van der Waals surface area contributed by atoms with E-state index in [9.17, 15) is 0 Å². The second-order valence-electron chi connectivity index (χ2n) is 3.96. The molecular formula is C14H10ClN3. The van der Waals surface area contributed by atoms with Gasteiger partial charge in [-0.1, -0.05) is 35.9 Å². The molecule has 0 saturated carbocycles. The van der Waals surface area contributed by atoms with Crippen LogP contribution in [0.2, 0.25) is 5.02 Å². The largest absolute Gasteiger partial charge is 0.383 e. The minimum Gasteiger partial charge on any atom is -0.383 e. The van der Waals surface area contributed by atoms with Crippen molar-refractivity contribution >= 4 is 28.3 Å². The monoisotopic (exact) mass is 255 g/mol. The van der Waals surface area contributed by atoms with Crippen LogP contribution in [0, 0.1) is 0 Å². The minimum absolute atomic E-state index is 0.482. The maximum absolute atomic E-state index is 5.97. The molecule has 0 radical (unpaired) electrons. The Hall–Kier alpha value is -2.13. The molecule has 0 amide bonds. The molecule has 2 N–H and O–H groups in total. The zero-order valence-corrected chi connectivity index (χ0v) is 10.2. The lowest BCUT2D eigenvalue weighted by molar-refractivity contribution is 1.23. The number of nitrogens with two attached hydrogens (primary N) is 1. The number of nitrogen functional groups attached to an aromatic ring is 1. The summed E-state index contributed by atoms with van der Waals surface area (Å²) >= 11 is 5.97. The molecule has 0 spiro atoms. The molecule has 0 saturated heterocycles. The van der Waals surface area contributed by atoms with Crippen molar-refractivity contribution in [1.29, 1.82) is 0 Å². The van der Waals surface area contributed by atoms with Gasteiger partial charge in [-0.3, -0.25) is 0 Å². The van der Waals surface area contributed by atoms with E-state index in [4.69, 9.17) is 17.3 Å². The quantitative estimate of drug-likeness (QED) is 0.724. The summed E-state index contributed by atoms with van der Waals surface area (Å²) in [5, 5.41) is 1.52. The van der Waals surface area contributed by atoms with Crippen LogP contribution < -0.4 is 5.73 Å².